The highest BCUT2D eigenvalue weighted by Crippen LogP contribution is 2.27. The molecule has 0 amide bonds. The van der Waals surface area contributed by atoms with Gasteiger partial charge in [-0.2, -0.15) is 0 Å². The normalized spacial score (nSPS) is 10.3. The Labute approximate surface area is 141 Å². The molecule has 0 aromatic heterocycles. The molecule has 98 valence electrons. The molecule has 0 N–H and O–H groups in total. The van der Waals surface area contributed by atoms with Crippen molar-refractivity contribution in [3.63, 3.8) is 0 Å². The lowest BCUT2D eigenvalue weighted by atomic mass is 10.0. The van der Waals surface area contributed by atoms with E-state index in [-0.39, 0.29) is 5.78 Å². The first-order valence-electron chi connectivity index (χ1n) is 5.35. The number of methoxy groups -OCH3 is 1. The van der Waals surface area contributed by atoms with Gasteiger partial charge in [0.15, 0.2) is 5.78 Å². The molecule has 2 aromatic rings. The molecule has 0 atom stereocenters. The first-order valence-corrected chi connectivity index (χ1v) is 8.02. The quantitative estimate of drug-likeness (QED) is 0.440. The summed E-state index contributed by atoms with van der Waals surface area (Å²) in [5.74, 6) is 0.527. The fourth-order valence-electron chi connectivity index (χ4n) is 1.70. The van der Waals surface area contributed by atoms with Crippen LogP contribution in [0.1, 0.15) is 15.9 Å². The third-order valence-corrected chi connectivity index (χ3v) is 4.12. The Morgan fingerprint density at radius 1 is 1.11 bits per heavy atom. The SMILES string of the molecule is COc1ccc(I)cc1C(=O)c1cc(Br)cc(Br)c1. The van der Waals surface area contributed by atoms with Crippen molar-refractivity contribution in [2.24, 2.45) is 0 Å². The molecule has 2 rings (SSSR count). The lowest BCUT2D eigenvalue weighted by Gasteiger charge is -2.09. The number of ether oxygens (including phenoxy) is 1. The van der Waals surface area contributed by atoms with Crippen molar-refractivity contribution in [2.45, 2.75) is 0 Å². The summed E-state index contributed by atoms with van der Waals surface area (Å²) in [7, 11) is 1.57. The summed E-state index contributed by atoms with van der Waals surface area (Å²) in [5, 5.41) is 0. The predicted octanol–water partition coefficient (Wildman–Crippen LogP) is 5.06. The van der Waals surface area contributed by atoms with Gasteiger partial charge >= 0.3 is 0 Å². The Bertz CT molecular complexity index is 621. The summed E-state index contributed by atoms with van der Waals surface area (Å²) in [6.07, 6.45) is 0. The fourth-order valence-corrected chi connectivity index (χ4v) is 3.48. The molecule has 2 nitrogen and oxygen atoms in total. The van der Waals surface area contributed by atoms with E-state index in [1.165, 1.54) is 0 Å². The van der Waals surface area contributed by atoms with Gasteiger partial charge in [-0.25, -0.2) is 0 Å². The van der Waals surface area contributed by atoms with E-state index in [9.17, 15) is 4.79 Å². The largest absolute Gasteiger partial charge is 0.496 e. The van der Waals surface area contributed by atoms with Crippen LogP contribution in [0.4, 0.5) is 0 Å². The first kappa shape index (κ1) is 15.0. The van der Waals surface area contributed by atoms with E-state index in [2.05, 4.69) is 54.5 Å². The van der Waals surface area contributed by atoms with Gasteiger partial charge in [-0.3, -0.25) is 4.79 Å². The molecule has 0 unspecified atom stereocenters. The molecule has 5 heteroatoms. The van der Waals surface area contributed by atoms with Crippen molar-refractivity contribution in [2.75, 3.05) is 7.11 Å². The molecular formula is C14H9Br2IO2. The number of hydrogen-bond acceptors (Lipinski definition) is 2. The summed E-state index contributed by atoms with van der Waals surface area (Å²) in [6, 6.07) is 11.0. The first-order chi connectivity index (χ1) is 9.01. The molecule has 19 heavy (non-hydrogen) atoms. The second-order valence-corrected chi connectivity index (χ2v) is 6.91. The average Bonchev–Trinajstić information content (AvgIpc) is 2.36. The number of ketones is 1. The van der Waals surface area contributed by atoms with Crippen LogP contribution >= 0.6 is 54.5 Å². The second kappa shape index (κ2) is 6.37. The number of halogens is 3. The number of carbonyl (C=O) groups excluding carboxylic acids is 1. The summed E-state index contributed by atoms with van der Waals surface area (Å²) in [5.41, 5.74) is 1.18. The highest BCUT2D eigenvalue weighted by molar-refractivity contribution is 14.1. The summed E-state index contributed by atoms with van der Waals surface area (Å²) >= 11 is 8.96. The maximum atomic E-state index is 12.6. The molecular weight excluding hydrogens is 487 g/mol. The Balaban J connectivity index is 2.52. The zero-order valence-corrected chi connectivity index (χ0v) is 15.2. The second-order valence-electron chi connectivity index (χ2n) is 3.83. The van der Waals surface area contributed by atoms with Crippen LogP contribution < -0.4 is 4.74 Å². The fraction of sp³-hybridized carbons (Fsp3) is 0.0714. The van der Waals surface area contributed by atoms with Crippen molar-refractivity contribution < 1.29 is 9.53 Å². The van der Waals surface area contributed by atoms with Crippen molar-refractivity contribution in [3.05, 3.63) is 60.0 Å². The van der Waals surface area contributed by atoms with Crippen LogP contribution in [0, 0.1) is 3.57 Å². The number of carbonyl (C=O) groups is 1. The van der Waals surface area contributed by atoms with Crippen LogP contribution in [0.25, 0.3) is 0 Å². The Morgan fingerprint density at radius 3 is 2.32 bits per heavy atom. The van der Waals surface area contributed by atoms with Crippen LogP contribution in [-0.2, 0) is 0 Å². The molecule has 0 aliphatic rings. The third-order valence-electron chi connectivity index (χ3n) is 2.53. The molecule has 0 heterocycles. The molecule has 0 radical (unpaired) electrons. The molecule has 0 bridgehead atoms. The Hall–Kier alpha value is -0.400. The van der Waals surface area contributed by atoms with Crippen molar-refractivity contribution in [3.8, 4) is 5.75 Å². The smallest absolute Gasteiger partial charge is 0.196 e. The van der Waals surface area contributed by atoms with Crippen molar-refractivity contribution in [1.82, 2.24) is 0 Å². The minimum atomic E-state index is -0.0580. The molecule has 0 saturated heterocycles. The van der Waals surface area contributed by atoms with Gasteiger partial charge in [-0.15, -0.1) is 0 Å². The van der Waals surface area contributed by atoms with Gasteiger partial charge in [0.25, 0.3) is 0 Å². The predicted molar refractivity (Wildman–Crippen MR) is 91.0 cm³/mol. The van der Waals surface area contributed by atoms with E-state index in [4.69, 9.17) is 4.74 Å². The maximum absolute atomic E-state index is 12.6. The van der Waals surface area contributed by atoms with E-state index in [1.807, 2.05) is 24.3 Å². The van der Waals surface area contributed by atoms with Gasteiger partial charge in [-0.05, 0) is 59.0 Å². The lowest BCUT2D eigenvalue weighted by Crippen LogP contribution is -2.04. The highest BCUT2D eigenvalue weighted by atomic mass is 127. The van der Waals surface area contributed by atoms with Gasteiger partial charge < -0.3 is 4.74 Å². The average molecular weight is 496 g/mol. The molecule has 0 fully saturated rings. The number of rotatable bonds is 3. The monoisotopic (exact) mass is 494 g/mol. The number of hydrogen-bond donors (Lipinski definition) is 0. The minimum Gasteiger partial charge on any atom is -0.496 e. The molecule has 0 aliphatic heterocycles. The Morgan fingerprint density at radius 2 is 1.74 bits per heavy atom. The van der Waals surface area contributed by atoms with E-state index >= 15 is 0 Å². The summed E-state index contributed by atoms with van der Waals surface area (Å²) < 4.78 is 7.96. The van der Waals surface area contributed by atoms with E-state index in [1.54, 1.807) is 19.2 Å². The number of benzene rings is 2. The summed E-state index contributed by atoms with van der Waals surface area (Å²) in [4.78, 5) is 12.6. The van der Waals surface area contributed by atoms with Crippen LogP contribution in [0.5, 0.6) is 5.75 Å². The van der Waals surface area contributed by atoms with E-state index in [0.717, 1.165) is 12.5 Å². The molecule has 0 saturated carbocycles. The van der Waals surface area contributed by atoms with E-state index in [0.29, 0.717) is 16.9 Å². The van der Waals surface area contributed by atoms with Crippen molar-refractivity contribution >= 4 is 60.2 Å². The van der Waals surface area contributed by atoms with Crippen LogP contribution in [-0.4, -0.2) is 12.9 Å². The minimum absolute atomic E-state index is 0.0580. The van der Waals surface area contributed by atoms with Gasteiger partial charge in [0.05, 0.1) is 12.7 Å². The zero-order chi connectivity index (χ0) is 14.0. The van der Waals surface area contributed by atoms with Crippen LogP contribution in [0.15, 0.2) is 45.3 Å². The molecule has 2 aromatic carbocycles. The van der Waals surface area contributed by atoms with Crippen LogP contribution in [0.3, 0.4) is 0 Å². The van der Waals surface area contributed by atoms with Gasteiger partial charge in [0, 0.05) is 18.1 Å². The molecule has 0 aliphatic carbocycles. The standard InChI is InChI=1S/C14H9Br2IO2/c1-19-13-3-2-11(17)7-12(13)14(18)8-4-9(15)6-10(16)5-8/h2-7H,1H3. The molecule has 0 spiro atoms. The topological polar surface area (TPSA) is 26.3 Å². The van der Waals surface area contributed by atoms with Crippen LogP contribution in [0.2, 0.25) is 0 Å². The van der Waals surface area contributed by atoms with Gasteiger partial charge in [-0.1, -0.05) is 31.9 Å². The summed E-state index contributed by atoms with van der Waals surface area (Å²) in [6.45, 7) is 0. The van der Waals surface area contributed by atoms with Gasteiger partial charge in [0.1, 0.15) is 5.75 Å². The lowest BCUT2D eigenvalue weighted by molar-refractivity contribution is 0.103. The highest BCUT2D eigenvalue weighted by Gasteiger charge is 2.15. The van der Waals surface area contributed by atoms with Gasteiger partial charge in [0.2, 0.25) is 0 Å². The Kier molecular flexibility index (Phi) is 5.03. The third kappa shape index (κ3) is 3.58. The maximum Gasteiger partial charge on any atom is 0.196 e. The van der Waals surface area contributed by atoms with E-state index < -0.39 is 0 Å². The van der Waals surface area contributed by atoms with Crippen molar-refractivity contribution in [1.29, 1.82) is 0 Å². The zero-order valence-electron chi connectivity index (χ0n) is 9.91.